The Hall–Kier alpha value is -2.54. The van der Waals surface area contributed by atoms with Crippen molar-refractivity contribution >= 4 is 27.5 Å². The molecule has 152 valence electrons. The van der Waals surface area contributed by atoms with Crippen molar-refractivity contribution in [1.29, 1.82) is 0 Å². The van der Waals surface area contributed by atoms with Crippen molar-refractivity contribution in [2.45, 2.75) is 46.7 Å². The van der Waals surface area contributed by atoms with Crippen molar-refractivity contribution in [2.24, 2.45) is 5.41 Å². The summed E-state index contributed by atoms with van der Waals surface area (Å²) in [6.07, 6.45) is 2.73. The summed E-state index contributed by atoms with van der Waals surface area (Å²) in [5, 5.41) is 0.664. The molecule has 1 amide bonds. The molecule has 1 aromatic carbocycles. The van der Waals surface area contributed by atoms with Gasteiger partial charge in [0.2, 0.25) is 5.91 Å². The van der Waals surface area contributed by atoms with Crippen molar-refractivity contribution in [2.75, 3.05) is 6.54 Å². The van der Waals surface area contributed by atoms with Crippen LogP contribution in [0.2, 0.25) is 0 Å². The van der Waals surface area contributed by atoms with Crippen LogP contribution < -0.4 is 5.56 Å². The number of rotatable bonds is 3. The Morgan fingerprint density at radius 3 is 2.66 bits per heavy atom. The Morgan fingerprint density at radius 1 is 1.24 bits per heavy atom. The molecular weight excluding hydrogens is 389 g/mol. The highest BCUT2D eigenvalue weighted by atomic mass is 32.1. The number of carbonyl (C=O) groups is 1. The molecule has 4 rings (SSSR count). The van der Waals surface area contributed by atoms with E-state index < -0.39 is 0 Å². The highest BCUT2D eigenvalue weighted by Crippen LogP contribution is 2.33. The maximum Gasteiger partial charge on any atom is 0.262 e. The Labute approximate surface area is 172 Å². The zero-order valence-electron chi connectivity index (χ0n) is 16.9. The van der Waals surface area contributed by atoms with E-state index in [9.17, 15) is 14.0 Å². The number of aromatic nitrogens is 2. The van der Waals surface area contributed by atoms with Gasteiger partial charge in [-0.25, -0.2) is 9.37 Å². The minimum atomic E-state index is -0.299. The van der Waals surface area contributed by atoms with E-state index >= 15 is 0 Å². The molecule has 0 spiro atoms. The van der Waals surface area contributed by atoms with Crippen LogP contribution in [0.1, 0.15) is 43.2 Å². The molecule has 0 unspecified atom stereocenters. The highest BCUT2D eigenvalue weighted by molar-refractivity contribution is 7.18. The average molecular weight is 414 g/mol. The van der Waals surface area contributed by atoms with E-state index in [0.29, 0.717) is 37.9 Å². The fourth-order valence-electron chi connectivity index (χ4n) is 3.70. The van der Waals surface area contributed by atoms with Crippen LogP contribution in [0.5, 0.6) is 0 Å². The van der Waals surface area contributed by atoms with Crippen LogP contribution >= 0.6 is 11.3 Å². The van der Waals surface area contributed by atoms with E-state index in [4.69, 9.17) is 0 Å². The second-order valence-electron chi connectivity index (χ2n) is 8.79. The summed E-state index contributed by atoms with van der Waals surface area (Å²) in [5.41, 5.74) is 1.74. The molecule has 0 saturated carbocycles. The monoisotopic (exact) mass is 413 g/mol. The lowest BCUT2D eigenvalue weighted by Gasteiger charge is -2.29. The van der Waals surface area contributed by atoms with E-state index in [1.165, 1.54) is 23.5 Å². The molecule has 7 heteroatoms. The molecule has 0 radical (unpaired) electrons. The van der Waals surface area contributed by atoms with Gasteiger partial charge in [0, 0.05) is 17.8 Å². The second-order valence-corrected chi connectivity index (χ2v) is 9.87. The lowest BCUT2D eigenvalue weighted by atomic mass is 9.91. The maximum absolute atomic E-state index is 13.1. The van der Waals surface area contributed by atoms with Crippen LogP contribution in [0.4, 0.5) is 4.39 Å². The largest absolute Gasteiger partial charge is 0.337 e. The van der Waals surface area contributed by atoms with Crippen LogP contribution in [-0.2, 0) is 24.3 Å². The summed E-state index contributed by atoms with van der Waals surface area (Å²) in [6, 6.07) is 6.13. The second kappa shape index (κ2) is 7.37. The van der Waals surface area contributed by atoms with Crippen LogP contribution in [0, 0.1) is 11.2 Å². The van der Waals surface area contributed by atoms with Gasteiger partial charge in [0.25, 0.3) is 5.56 Å². The van der Waals surface area contributed by atoms with Crippen LogP contribution in [0.3, 0.4) is 0 Å². The third kappa shape index (κ3) is 4.10. The third-order valence-electron chi connectivity index (χ3n) is 5.13. The molecule has 3 heterocycles. The normalized spacial score (nSPS) is 14.3. The first kappa shape index (κ1) is 19.8. The first-order chi connectivity index (χ1) is 13.7. The van der Waals surface area contributed by atoms with Gasteiger partial charge in [-0.2, -0.15) is 0 Å². The van der Waals surface area contributed by atoms with E-state index in [1.54, 1.807) is 23.0 Å². The van der Waals surface area contributed by atoms with E-state index in [1.807, 2.05) is 4.90 Å². The lowest BCUT2D eigenvalue weighted by molar-refractivity contribution is -0.133. The summed E-state index contributed by atoms with van der Waals surface area (Å²) in [6.45, 7) is 7.71. The van der Waals surface area contributed by atoms with Crippen molar-refractivity contribution in [1.82, 2.24) is 14.5 Å². The predicted octanol–water partition coefficient (Wildman–Crippen LogP) is 3.97. The molecule has 1 aliphatic rings. The van der Waals surface area contributed by atoms with Crippen molar-refractivity contribution in [3.8, 4) is 0 Å². The predicted molar refractivity (Wildman–Crippen MR) is 113 cm³/mol. The first-order valence-corrected chi connectivity index (χ1v) is 10.5. The SMILES string of the molecule is CC(C)(C)CC(=O)N1CCc2c(sc3ncn(Cc4ccc(F)cc4)c(=O)c23)C1. The van der Waals surface area contributed by atoms with Crippen LogP contribution in [-0.4, -0.2) is 26.9 Å². The summed E-state index contributed by atoms with van der Waals surface area (Å²) in [7, 11) is 0. The van der Waals surface area contributed by atoms with E-state index in [2.05, 4.69) is 25.8 Å². The van der Waals surface area contributed by atoms with Gasteiger partial charge < -0.3 is 4.90 Å². The number of nitrogens with zero attached hydrogens (tertiary/aromatic N) is 3. The molecule has 0 fully saturated rings. The van der Waals surface area contributed by atoms with E-state index in [0.717, 1.165) is 20.8 Å². The minimum absolute atomic E-state index is 0.0485. The number of amides is 1. The van der Waals surface area contributed by atoms with Gasteiger partial charge in [-0.1, -0.05) is 32.9 Å². The minimum Gasteiger partial charge on any atom is -0.337 e. The van der Waals surface area contributed by atoms with Gasteiger partial charge in [0.1, 0.15) is 10.6 Å². The van der Waals surface area contributed by atoms with Gasteiger partial charge in [0.15, 0.2) is 0 Å². The molecule has 0 N–H and O–H groups in total. The maximum atomic E-state index is 13.1. The summed E-state index contributed by atoms with van der Waals surface area (Å²) in [5.74, 6) is -0.144. The molecule has 1 aliphatic heterocycles. The smallest absolute Gasteiger partial charge is 0.262 e. The quantitative estimate of drug-likeness (QED) is 0.653. The van der Waals surface area contributed by atoms with Gasteiger partial charge in [-0.3, -0.25) is 14.2 Å². The van der Waals surface area contributed by atoms with Gasteiger partial charge in [-0.05, 0) is 35.1 Å². The van der Waals surface area contributed by atoms with Crippen molar-refractivity contribution < 1.29 is 9.18 Å². The molecule has 5 nitrogen and oxygen atoms in total. The molecule has 0 atom stereocenters. The number of hydrogen-bond acceptors (Lipinski definition) is 4. The lowest BCUT2D eigenvalue weighted by Crippen LogP contribution is -2.37. The summed E-state index contributed by atoms with van der Waals surface area (Å²) < 4.78 is 14.7. The Morgan fingerprint density at radius 2 is 1.97 bits per heavy atom. The Bertz CT molecular complexity index is 1130. The Kier molecular flexibility index (Phi) is 5.02. The zero-order chi connectivity index (χ0) is 20.8. The third-order valence-corrected chi connectivity index (χ3v) is 6.25. The standard InChI is InChI=1S/C22H24FN3O2S/c1-22(2,3)10-18(27)25-9-8-16-17(12-25)29-20-19(16)21(28)26(13-24-20)11-14-4-6-15(23)7-5-14/h4-7,13H,8-12H2,1-3H3. The van der Waals surface area contributed by atoms with Crippen molar-refractivity contribution in [3.05, 3.63) is 62.8 Å². The van der Waals surface area contributed by atoms with E-state index in [-0.39, 0.29) is 22.7 Å². The molecule has 0 bridgehead atoms. The van der Waals surface area contributed by atoms with Gasteiger partial charge in [0.05, 0.1) is 24.8 Å². The fourth-order valence-corrected chi connectivity index (χ4v) is 4.89. The fraction of sp³-hybridized carbons (Fsp3) is 0.409. The molecule has 2 aromatic heterocycles. The number of hydrogen-bond donors (Lipinski definition) is 0. The number of carbonyl (C=O) groups excluding carboxylic acids is 1. The summed E-state index contributed by atoms with van der Waals surface area (Å²) >= 11 is 1.50. The average Bonchev–Trinajstić information content (AvgIpc) is 3.02. The van der Waals surface area contributed by atoms with Gasteiger partial charge in [-0.15, -0.1) is 11.3 Å². The number of halogens is 1. The molecule has 0 aliphatic carbocycles. The first-order valence-electron chi connectivity index (χ1n) is 9.73. The van der Waals surface area contributed by atoms with Crippen molar-refractivity contribution in [3.63, 3.8) is 0 Å². The number of fused-ring (bicyclic) bond motifs is 3. The molecule has 29 heavy (non-hydrogen) atoms. The van der Waals surface area contributed by atoms with Crippen LogP contribution in [0.25, 0.3) is 10.2 Å². The molecular formula is C22H24FN3O2S. The zero-order valence-corrected chi connectivity index (χ0v) is 17.7. The molecule has 0 saturated heterocycles. The van der Waals surface area contributed by atoms with Crippen LogP contribution in [0.15, 0.2) is 35.4 Å². The Balaban J connectivity index is 1.63. The topological polar surface area (TPSA) is 55.2 Å². The number of benzene rings is 1. The summed E-state index contributed by atoms with van der Waals surface area (Å²) in [4.78, 5) is 33.9. The number of thiophene rings is 1. The molecule has 3 aromatic rings. The highest BCUT2D eigenvalue weighted by Gasteiger charge is 2.28. The van der Waals surface area contributed by atoms with Gasteiger partial charge >= 0.3 is 0 Å².